The molecule has 1 aliphatic heterocycles. The summed E-state index contributed by atoms with van der Waals surface area (Å²) >= 11 is 0. The van der Waals surface area contributed by atoms with Gasteiger partial charge in [0.2, 0.25) is 5.91 Å². The van der Waals surface area contributed by atoms with E-state index in [9.17, 15) is 4.79 Å². The third-order valence-corrected chi connectivity index (χ3v) is 2.92. The summed E-state index contributed by atoms with van der Waals surface area (Å²) < 4.78 is 0. The summed E-state index contributed by atoms with van der Waals surface area (Å²) in [5.41, 5.74) is 5.88. The molecule has 1 saturated heterocycles. The molecule has 0 spiro atoms. The number of hydrogen-bond donors (Lipinski definition) is 1. The van der Waals surface area contributed by atoms with Crippen molar-refractivity contribution in [2.24, 2.45) is 11.7 Å². The van der Waals surface area contributed by atoms with E-state index in [4.69, 9.17) is 5.73 Å². The average Bonchev–Trinajstić information content (AvgIpc) is 2.03. The monoisotopic (exact) mass is 184 g/mol. The minimum absolute atomic E-state index is 0.159. The standard InChI is InChI=1S/C10H20N2O/c1-8(13)12-6-4-5-9(7-12)10(2,3)11/h9H,4-7,11H2,1-3H3. The van der Waals surface area contributed by atoms with E-state index in [2.05, 4.69) is 0 Å². The largest absolute Gasteiger partial charge is 0.343 e. The van der Waals surface area contributed by atoms with Gasteiger partial charge in [0.25, 0.3) is 0 Å². The van der Waals surface area contributed by atoms with Crippen LogP contribution in [0.25, 0.3) is 0 Å². The lowest BCUT2D eigenvalue weighted by Crippen LogP contribution is -2.50. The first-order valence-electron chi connectivity index (χ1n) is 4.95. The molecule has 1 unspecified atom stereocenters. The molecular weight excluding hydrogens is 164 g/mol. The predicted molar refractivity (Wildman–Crippen MR) is 53.2 cm³/mol. The van der Waals surface area contributed by atoms with Crippen LogP contribution >= 0.6 is 0 Å². The van der Waals surface area contributed by atoms with E-state index >= 15 is 0 Å². The van der Waals surface area contributed by atoms with Crippen LogP contribution in [0, 0.1) is 5.92 Å². The van der Waals surface area contributed by atoms with Gasteiger partial charge in [-0.3, -0.25) is 4.79 Å². The second kappa shape index (κ2) is 3.66. The van der Waals surface area contributed by atoms with Crippen molar-refractivity contribution in [3.63, 3.8) is 0 Å². The van der Waals surface area contributed by atoms with Crippen molar-refractivity contribution >= 4 is 5.91 Å². The van der Waals surface area contributed by atoms with Crippen molar-refractivity contribution in [2.45, 2.75) is 39.2 Å². The quantitative estimate of drug-likeness (QED) is 0.660. The van der Waals surface area contributed by atoms with E-state index in [1.807, 2.05) is 18.7 Å². The van der Waals surface area contributed by atoms with Gasteiger partial charge in [-0.2, -0.15) is 0 Å². The molecule has 0 aromatic heterocycles. The summed E-state index contributed by atoms with van der Waals surface area (Å²) in [5, 5.41) is 0. The smallest absolute Gasteiger partial charge is 0.219 e. The highest BCUT2D eigenvalue weighted by atomic mass is 16.2. The van der Waals surface area contributed by atoms with Gasteiger partial charge in [0.1, 0.15) is 0 Å². The molecule has 0 aromatic carbocycles. The summed E-state index contributed by atoms with van der Waals surface area (Å²) in [6, 6.07) is 0. The Balaban J connectivity index is 2.57. The van der Waals surface area contributed by atoms with E-state index in [1.165, 1.54) is 0 Å². The predicted octanol–water partition coefficient (Wildman–Crippen LogP) is 0.982. The number of hydrogen-bond acceptors (Lipinski definition) is 2. The summed E-state index contributed by atoms with van der Waals surface area (Å²) in [6.45, 7) is 7.45. The maximum atomic E-state index is 11.2. The Labute approximate surface area is 80.3 Å². The molecule has 1 atom stereocenters. The second-order valence-electron chi connectivity index (χ2n) is 4.63. The molecule has 0 bridgehead atoms. The lowest BCUT2D eigenvalue weighted by atomic mass is 9.82. The average molecular weight is 184 g/mol. The minimum atomic E-state index is -0.159. The molecule has 0 radical (unpaired) electrons. The van der Waals surface area contributed by atoms with E-state index in [0.717, 1.165) is 25.9 Å². The highest BCUT2D eigenvalue weighted by molar-refractivity contribution is 5.73. The normalized spacial score (nSPS) is 24.6. The van der Waals surface area contributed by atoms with Gasteiger partial charge in [0.15, 0.2) is 0 Å². The van der Waals surface area contributed by atoms with Crippen LogP contribution in [0.2, 0.25) is 0 Å². The van der Waals surface area contributed by atoms with Crippen LogP contribution in [0.3, 0.4) is 0 Å². The van der Waals surface area contributed by atoms with Gasteiger partial charge in [0.05, 0.1) is 0 Å². The summed E-state index contributed by atoms with van der Waals surface area (Å²) in [5.74, 6) is 0.624. The fraction of sp³-hybridized carbons (Fsp3) is 0.900. The van der Waals surface area contributed by atoms with Gasteiger partial charge in [-0.15, -0.1) is 0 Å². The van der Waals surface area contributed by atoms with E-state index in [0.29, 0.717) is 5.92 Å². The Morgan fingerprint density at radius 3 is 2.62 bits per heavy atom. The van der Waals surface area contributed by atoms with E-state index in [-0.39, 0.29) is 11.4 Å². The Morgan fingerprint density at radius 2 is 2.15 bits per heavy atom. The highest BCUT2D eigenvalue weighted by Crippen LogP contribution is 2.24. The van der Waals surface area contributed by atoms with Crippen molar-refractivity contribution < 1.29 is 4.79 Å². The summed E-state index contributed by atoms with van der Waals surface area (Å²) in [7, 11) is 0. The van der Waals surface area contributed by atoms with Crippen LogP contribution in [0.1, 0.15) is 33.6 Å². The number of nitrogens with two attached hydrogens (primary N) is 1. The summed E-state index contributed by atoms with van der Waals surface area (Å²) in [4.78, 5) is 13.1. The fourth-order valence-electron chi connectivity index (χ4n) is 1.87. The fourth-order valence-corrected chi connectivity index (χ4v) is 1.87. The molecule has 1 amide bonds. The minimum Gasteiger partial charge on any atom is -0.343 e. The van der Waals surface area contributed by atoms with Crippen LogP contribution < -0.4 is 5.73 Å². The number of amides is 1. The second-order valence-corrected chi connectivity index (χ2v) is 4.63. The lowest BCUT2D eigenvalue weighted by molar-refractivity contribution is -0.131. The van der Waals surface area contributed by atoms with E-state index < -0.39 is 0 Å². The first kappa shape index (κ1) is 10.5. The lowest BCUT2D eigenvalue weighted by Gasteiger charge is -2.39. The van der Waals surface area contributed by atoms with Crippen LogP contribution in [0.4, 0.5) is 0 Å². The van der Waals surface area contributed by atoms with Gasteiger partial charge in [-0.1, -0.05) is 0 Å². The molecule has 1 fully saturated rings. The van der Waals surface area contributed by atoms with E-state index in [1.54, 1.807) is 6.92 Å². The molecule has 3 nitrogen and oxygen atoms in total. The first-order valence-corrected chi connectivity index (χ1v) is 4.95. The van der Waals surface area contributed by atoms with Gasteiger partial charge < -0.3 is 10.6 Å². The molecule has 13 heavy (non-hydrogen) atoms. The molecule has 1 heterocycles. The van der Waals surface area contributed by atoms with Crippen molar-refractivity contribution in [3.05, 3.63) is 0 Å². The number of rotatable bonds is 1. The molecule has 3 heteroatoms. The Bertz CT molecular complexity index is 196. The van der Waals surface area contributed by atoms with Crippen molar-refractivity contribution in [1.29, 1.82) is 0 Å². The number of nitrogens with zero attached hydrogens (tertiary/aromatic N) is 1. The van der Waals surface area contributed by atoms with Gasteiger partial charge >= 0.3 is 0 Å². The molecule has 1 rings (SSSR count). The van der Waals surface area contributed by atoms with Crippen molar-refractivity contribution in [2.75, 3.05) is 13.1 Å². The van der Waals surface area contributed by atoms with Gasteiger partial charge in [0, 0.05) is 25.6 Å². The number of piperidine rings is 1. The van der Waals surface area contributed by atoms with Crippen LogP contribution in [0.15, 0.2) is 0 Å². The number of carbonyl (C=O) groups excluding carboxylic acids is 1. The van der Waals surface area contributed by atoms with Crippen molar-refractivity contribution in [1.82, 2.24) is 4.90 Å². The zero-order chi connectivity index (χ0) is 10.1. The zero-order valence-electron chi connectivity index (χ0n) is 8.84. The van der Waals surface area contributed by atoms with Gasteiger partial charge in [-0.25, -0.2) is 0 Å². The van der Waals surface area contributed by atoms with Crippen LogP contribution in [-0.2, 0) is 4.79 Å². The Kier molecular flexibility index (Phi) is 2.96. The highest BCUT2D eigenvalue weighted by Gasteiger charge is 2.30. The van der Waals surface area contributed by atoms with Crippen molar-refractivity contribution in [3.8, 4) is 0 Å². The molecular formula is C10H20N2O. The summed E-state index contributed by atoms with van der Waals surface area (Å²) in [6.07, 6.45) is 2.23. The molecule has 2 N–H and O–H groups in total. The Hall–Kier alpha value is -0.570. The molecule has 0 aliphatic carbocycles. The number of carbonyl (C=O) groups is 1. The van der Waals surface area contributed by atoms with Crippen LogP contribution in [-0.4, -0.2) is 29.4 Å². The van der Waals surface area contributed by atoms with Gasteiger partial charge in [-0.05, 0) is 32.6 Å². The zero-order valence-corrected chi connectivity index (χ0v) is 8.84. The molecule has 0 aromatic rings. The third-order valence-electron chi connectivity index (χ3n) is 2.92. The maximum Gasteiger partial charge on any atom is 0.219 e. The Morgan fingerprint density at radius 1 is 1.54 bits per heavy atom. The molecule has 1 aliphatic rings. The third kappa shape index (κ3) is 2.69. The SMILES string of the molecule is CC(=O)N1CCCC(C(C)(C)N)C1. The topological polar surface area (TPSA) is 46.3 Å². The molecule has 76 valence electrons. The van der Waals surface area contributed by atoms with Crippen LogP contribution in [0.5, 0.6) is 0 Å². The maximum absolute atomic E-state index is 11.2. The number of likely N-dealkylation sites (tertiary alicyclic amines) is 1. The molecule has 0 saturated carbocycles. The first-order chi connectivity index (χ1) is 5.91.